The Kier molecular flexibility index (Phi) is 3.96. The number of nitrogens with one attached hydrogen (secondary N) is 1. The van der Waals surface area contributed by atoms with Gasteiger partial charge in [-0.25, -0.2) is 4.98 Å². The fourth-order valence-electron chi connectivity index (χ4n) is 2.37. The standard InChI is InChI=1S/C17H15N3O2/c21-20(22)15-7-5-13(6-8-15)9-11-18-17-16-4-2-1-3-14(16)10-12-19-17/h1-8,10,12H,9,11H2,(H,18,19). The van der Waals surface area contributed by atoms with E-state index in [-0.39, 0.29) is 10.6 Å². The summed E-state index contributed by atoms with van der Waals surface area (Å²) in [5.74, 6) is 0.861. The summed E-state index contributed by atoms with van der Waals surface area (Å²) in [5, 5.41) is 16.2. The quantitative estimate of drug-likeness (QED) is 0.574. The normalized spacial score (nSPS) is 10.5. The van der Waals surface area contributed by atoms with Crippen molar-refractivity contribution in [1.82, 2.24) is 4.98 Å². The van der Waals surface area contributed by atoms with Crippen LogP contribution in [-0.4, -0.2) is 16.5 Å². The molecule has 0 saturated carbocycles. The van der Waals surface area contributed by atoms with Crippen LogP contribution in [0.3, 0.4) is 0 Å². The van der Waals surface area contributed by atoms with Gasteiger partial charge in [0, 0.05) is 30.3 Å². The lowest BCUT2D eigenvalue weighted by Gasteiger charge is -2.08. The first kappa shape index (κ1) is 14.0. The van der Waals surface area contributed by atoms with E-state index in [1.165, 1.54) is 12.1 Å². The van der Waals surface area contributed by atoms with Crippen LogP contribution in [-0.2, 0) is 6.42 Å². The molecule has 0 radical (unpaired) electrons. The second-order valence-corrected chi connectivity index (χ2v) is 4.98. The number of nitro benzene ring substituents is 1. The van der Waals surface area contributed by atoms with Gasteiger partial charge in [-0.15, -0.1) is 0 Å². The third kappa shape index (κ3) is 3.03. The predicted octanol–water partition coefficient (Wildman–Crippen LogP) is 3.80. The lowest BCUT2D eigenvalue weighted by Crippen LogP contribution is -2.06. The molecule has 1 N–H and O–H groups in total. The highest BCUT2D eigenvalue weighted by Crippen LogP contribution is 2.20. The lowest BCUT2D eigenvalue weighted by molar-refractivity contribution is -0.384. The Bertz CT molecular complexity index is 795. The first-order valence-corrected chi connectivity index (χ1v) is 7.05. The monoisotopic (exact) mass is 293 g/mol. The van der Waals surface area contributed by atoms with Crippen LogP contribution < -0.4 is 5.32 Å². The molecule has 0 aliphatic carbocycles. The number of hydrogen-bond acceptors (Lipinski definition) is 4. The molecule has 5 nitrogen and oxygen atoms in total. The minimum Gasteiger partial charge on any atom is -0.369 e. The van der Waals surface area contributed by atoms with Gasteiger partial charge < -0.3 is 5.32 Å². The van der Waals surface area contributed by atoms with E-state index >= 15 is 0 Å². The van der Waals surface area contributed by atoms with E-state index in [2.05, 4.69) is 16.4 Å². The van der Waals surface area contributed by atoms with Crippen molar-refractivity contribution < 1.29 is 4.92 Å². The Morgan fingerprint density at radius 3 is 2.59 bits per heavy atom. The number of aromatic nitrogens is 1. The van der Waals surface area contributed by atoms with Crippen LogP contribution >= 0.6 is 0 Å². The van der Waals surface area contributed by atoms with Crippen LogP contribution in [0, 0.1) is 10.1 Å². The molecule has 0 fully saturated rings. The summed E-state index contributed by atoms with van der Waals surface area (Å²) >= 11 is 0. The van der Waals surface area contributed by atoms with Crippen LogP contribution in [0.15, 0.2) is 60.8 Å². The average molecular weight is 293 g/mol. The van der Waals surface area contributed by atoms with Gasteiger partial charge in [-0.1, -0.05) is 36.4 Å². The second-order valence-electron chi connectivity index (χ2n) is 4.98. The highest BCUT2D eigenvalue weighted by Gasteiger charge is 2.04. The molecule has 0 amide bonds. The molecule has 0 aliphatic rings. The lowest BCUT2D eigenvalue weighted by atomic mass is 10.1. The van der Waals surface area contributed by atoms with E-state index in [1.54, 1.807) is 18.3 Å². The third-order valence-corrected chi connectivity index (χ3v) is 3.53. The van der Waals surface area contributed by atoms with Gasteiger partial charge in [0.15, 0.2) is 0 Å². The van der Waals surface area contributed by atoms with Gasteiger partial charge in [-0.2, -0.15) is 0 Å². The van der Waals surface area contributed by atoms with Gasteiger partial charge in [0.05, 0.1) is 4.92 Å². The number of nitrogens with zero attached hydrogens (tertiary/aromatic N) is 2. The summed E-state index contributed by atoms with van der Waals surface area (Å²) in [6.07, 6.45) is 2.57. The molecule has 0 saturated heterocycles. The topological polar surface area (TPSA) is 68.1 Å². The number of rotatable bonds is 5. The second kappa shape index (κ2) is 6.22. The summed E-state index contributed by atoms with van der Waals surface area (Å²) in [6, 6.07) is 16.7. The SMILES string of the molecule is O=[N+]([O-])c1ccc(CCNc2nccc3ccccc23)cc1. The molecule has 5 heteroatoms. The molecule has 1 heterocycles. The molecule has 0 bridgehead atoms. The van der Waals surface area contributed by atoms with Crippen molar-refractivity contribution in [2.75, 3.05) is 11.9 Å². The van der Waals surface area contributed by atoms with Crippen molar-refractivity contribution in [3.8, 4) is 0 Å². The van der Waals surface area contributed by atoms with Crippen molar-refractivity contribution in [1.29, 1.82) is 0 Å². The van der Waals surface area contributed by atoms with Crippen LogP contribution in [0.25, 0.3) is 10.8 Å². The molecule has 0 spiro atoms. The zero-order valence-corrected chi connectivity index (χ0v) is 11.9. The van der Waals surface area contributed by atoms with Gasteiger partial charge in [-0.05, 0) is 23.4 Å². The molecule has 0 unspecified atom stereocenters. The molecule has 22 heavy (non-hydrogen) atoms. The minimum atomic E-state index is -0.387. The molecule has 2 aromatic carbocycles. The largest absolute Gasteiger partial charge is 0.369 e. The van der Waals surface area contributed by atoms with E-state index in [9.17, 15) is 10.1 Å². The molecule has 0 aliphatic heterocycles. The fraction of sp³-hybridized carbons (Fsp3) is 0.118. The predicted molar refractivity (Wildman–Crippen MR) is 87.0 cm³/mol. The zero-order valence-electron chi connectivity index (χ0n) is 11.9. The van der Waals surface area contributed by atoms with Crippen LogP contribution in [0.5, 0.6) is 0 Å². The van der Waals surface area contributed by atoms with E-state index in [0.717, 1.165) is 35.1 Å². The molecule has 0 atom stereocenters. The number of non-ortho nitro benzene ring substituents is 1. The summed E-state index contributed by atoms with van der Waals surface area (Å²) in [4.78, 5) is 14.6. The van der Waals surface area contributed by atoms with E-state index in [1.807, 2.05) is 24.3 Å². The molecular formula is C17H15N3O2. The maximum atomic E-state index is 10.6. The number of hydrogen-bond donors (Lipinski definition) is 1. The van der Waals surface area contributed by atoms with Gasteiger partial charge in [0.25, 0.3) is 5.69 Å². The number of benzene rings is 2. The van der Waals surface area contributed by atoms with Crippen molar-refractivity contribution in [2.45, 2.75) is 6.42 Å². The number of nitro groups is 1. The number of pyridine rings is 1. The summed E-state index contributed by atoms with van der Waals surface area (Å²) in [5.41, 5.74) is 1.17. The highest BCUT2D eigenvalue weighted by molar-refractivity contribution is 5.91. The van der Waals surface area contributed by atoms with Crippen molar-refractivity contribution in [3.05, 3.63) is 76.5 Å². The summed E-state index contributed by atoms with van der Waals surface area (Å²) in [6.45, 7) is 0.721. The fourth-order valence-corrected chi connectivity index (χ4v) is 2.37. The zero-order chi connectivity index (χ0) is 15.4. The van der Waals surface area contributed by atoms with Crippen LogP contribution in [0.4, 0.5) is 11.5 Å². The van der Waals surface area contributed by atoms with Gasteiger partial charge in [0.1, 0.15) is 5.82 Å². The van der Waals surface area contributed by atoms with Gasteiger partial charge in [0.2, 0.25) is 0 Å². The molecule has 3 rings (SSSR count). The third-order valence-electron chi connectivity index (χ3n) is 3.53. The molecular weight excluding hydrogens is 278 g/mol. The molecule has 110 valence electrons. The number of fused-ring (bicyclic) bond motifs is 1. The van der Waals surface area contributed by atoms with Crippen LogP contribution in [0.1, 0.15) is 5.56 Å². The Labute approximate surface area is 127 Å². The van der Waals surface area contributed by atoms with E-state index < -0.39 is 0 Å². The first-order chi connectivity index (χ1) is 10.7. The minimum absolute atomic E-state index is 0.118. The maximum Gasteiger partial charge on any atom is 0.269 e. The van der Waals surface area contributed by atoms with Crippen molar-refractivity contribution >= 4 is 22.3 Å². The summed E-state index contributed by atoms with van der Waals surface area (Å²) in [7, 11) is 0. The van der Waals surface area contributed by atoms with Crippen LogP contribution in [0.2, 0.25) is 0 Å². The van der Waals surface area contributed by atoms with Gasteiger partial charge in [-0.3, -0.25) is 10.1 Å². The first-order valence-electron chi connectivity index (χ1n) is 7.05. The van der Waals surface area contributed by atoms with E-state index in [0.29, 0.717) is 0 Å². The average Bonchev–Trinajstić information content (AvgIpc) is 2.55. The summed E-state index contributed by atoms with van der Waals surface area (Å²) < 4.78 is 0. The highest BCUT2D eigenvalue weighted by atomic mass is 16.6. The van der Waals surface area contributed by atoms with Crippen molar-refractivity contribution in [3.63, 3.8) is 0 Å². The Morgan fingerprint density at radius 1 is 1.05 bits per heavy atom. The van der Waals surface area contributed by atoms with E-state index in [4.69, 9.17) is 0 Å². The smallest absolute Gasteiger partial charge is 0.269 e. The number of anilines is 1. The Balaban J connectivity index is 1.66. The molecule has 1 aromatic heterocycles. The van der Waals surface area contributed by atoms with Gasteiger partial charge >= 0.3 is 0 Å². The maximum absolute atomic E-state index is 10.6. The Hall–Kier alpha value is -2.95. The Morgan fingerprint density at radius 2 is 1.82 bits per heavy atom. The molecule has 3 aromatic rings. The van der Waals surface area contributed by atoms with Crippen molar-refractivity contribution in [2.24, 2.45) is 0 Å².